The van der Waals surface area contributed by atoms with Gasteiger partial charge in [-0.25, -0.2) is 0 Å². The Hall–Kier alpha value is -1.22. The van der Waals surface area contributed by atoms with E-state index in [4.69, 9.17) is 33.0 Å². The van der Waals surface area contributed by atoms with Crippen LogP contribution >= 0.6 is 23.2 Å². The van der Waals surface area contributed by atoms with Crippen LogP contribution in [0.25, 0.3) is 0 Å². The first-order chi connectivity index (χ1) is 9.20. The van der Waals surface area contributed by atoms with Crippen LogP contribution in [0.4, 0.5) is 0 Å². The predicted octanol–water partition coefficient (Wildman–Crippen LogP) is 4.11. The molecule has 0 amide bonds. The van der Waals surface area contributed by atoms with Gasteiger partial charge >= 0.3 is 0 Å². The van der Waals surface area contributed by atoms with Crippen molar-refractivity contribution in [2.75, 3.05) is 6.61 Å². The van der Waals surface area contributed by atoms with Crippen molar-refractivity contribution >= 4 is 23.2 Å². The van der Waals surface area contributed by atoms with Gasteiger partial charge < -0.3 is 9.84 Å². The second-order valence-corrected chi connectivity index (χ2v) is 4.93. The third-order valence-corrected chi connectivity index (χ3v) is 3.47. The minimum absolute atomic E-state index is 0.104. The molecule has 2 aromatic carbocycles. The number of aliphatic hydroxyl groups excluding tert-OH is 1. The molecule has 4 heteroatoms. The van der Waals surface area contributed by atoms with E-state index in [1.165, 1.54) is 0 Å². The van der Waals surface area contributed by atoms with Crippen molar-refractivity contribution in [3.63, 3.8) is 0 Å². The summed E-state index contributed by atoms with van der Waals surface area (Å²) in [5, 5.41) is 10.1. The SMILES string of the molecule is OCCc1ccccc1OCc1ccc(Cl)c(Cl)c1. The molecule has 0 heterocycles. The summed E-state index contributed by atoms with van der Waals surface area (Å²) in [5.41, 5.74) is 1.94. The lowest BCUT2D eigenvalue weighted by Gasteiger charge is -2.11. The van der Waals surface area contributed by atoms with Crippen LogP contribution in [0.2, 0.25) is 10.0 Å². The molecule has 2 aromatic rings. The number of hydrogen-bond acceptors (Lipinski definition) is 2. The summed E-state index contributed by atoms with van der Waals surface area (Å²) in [5.74, 6) is 0.780. The summed E-state index contributed by atoms with van der Waals surface area (Å²) in [6.07, 6.45) is 0.581. The van der Waals surface area contributed by atoms with E-state index < -0.39 is 0 Å². The van der Waals surface area contributed by atoms with E-state index in [-0.39, 0.29) is 6.61 Å². The Labute approximate surface area is 122 Å². The Bertz CT molecular complexity index is 556. The van der Waals surface area contributed by atoms with Crippen molar-refractivity contribution in [1.82, 2.24) is 0 Å². The molecule has 0 bridgehead atoms. The van der Waals surface area contributed by atoms with E-state index in [1.807, 2.05) is 30.3 Å². The molecule has 2 rings (SSSR count). The molecular formula is C15H14Cl2O2. The quantitative estimate of drug-likeness (QED) is 0.900. The smallest absolute Gasteiger partial charge is 0.123 e. The van der Waals surface area contributed by atoms with E-state index in [1.54, 1.807) is 12.1 Å². The van der Waals surface area contributed by atoms with Crippen molar-refractivity contribution in [2.45, 2.75) is 13.0 Å². The topological polar surface area (TPSA) is 29.5 Å². The van der Waals surface area contributed by atoms with Gasteiger partial charge in [-0.3, -0.25) is 0 Å². The summed E-state index contributed by atoms with van der Waals surface area (Å²) in [6, 6.07) is 13.1. The highest BCUT2D eigenvalue weighted by Crippen LogP contribution is 2.24. The first kappa shape index (κ1) is 14.2. The Morgan fingerprint density at radius 1 is 1.00 bits per heavy atom. The number of rotatable bonds is 5. The summed E-state index contributed by atoms with van der Waals surface area (Å²) < 4.78 is 5.76. The average molecular weight is 297 g/mol. The van der Waals surface area contributed by atoms with Crippen LogP contribution in [0.1, 0.15) is 11.1 Å². The lowest BCUT2D eigenvalue weighted by Crippen LogP contribution is -2.00. The molecule has 1 N–H and O–H groups in total. The summed E-state index contributed by atoms with van der Waals surface area (Å²) in [7, 11) is 0. The molecule has 0 aromatic heterocycles. The van der Waals surface area contributed by atoms with Gasteiger partial charge in [0.05, 0.1) is 10.0 Å². The van der Waals surface area contributed by atoms with E-state index in [2.05, 4.69) is 0 Å². The van der Waals surface area contributed by atoms with Crippen LogP contribution in [0.3, 0.4) is 0 Å². The highest BCUT2D eigenvalue weighted by molar-refractivity contribution is 6.42. The van der Waals surface area contributed by atoms with Gasteiger partial charge in [0, 0.05) is 6.61 Å². The molecular weight excluding hydrogens is 283 g/mol. The van der Waals surface area contributed by atoms with Gasteiger partial charge in [0.2, 0.25) is 0 Å². The first-order valence-corrected chi connectivity index (χ1v) is 6.72. The van der Waals surface area contributed by atoms with Crippen LogP contribution in [0.15, 0.2) is 42.5 Å². The number of para-hydroxylation sites is 1. The molecule has 19 heavy (non-hydrogen) atoms. The highest BCUT2D eigenvalue weighted by Gasteiger charge is 2.04. The fourth-order valence-electron chi connectivity index (χ4n) is 1.76. The van der Waals surface area contributed by atoms with E-state index in [9.17, 15) is 0 Å². The van der Waals surface area contributed by atoms with Gasteiger partial charge in [-0.2, -0.15) is 0 Å². The Morgan fingerprint density at radius 2 is 1.79 bits per heavy atom. The van der Waals surface area contributed by atoms with E-state index in [0.717, 1.165) is 16.9 Å². The van der Waals surface area contributed by atoms with Crippen LogP contribution in [0.5, 0.6) is 5.75 Å². The number of ether oxygens (including phenoxy) is 1. The van der Waals surface area contributed by atoms with Gasteiger partial charge in [-0.15, -0.1) is 0 Å². The van der Waals surface area contributed by atoms with Crippen LogP contribution in [-0.4, -0.2) is 11.7 Å². The second kappa shape index (κ2) is 6.80. The third-order valence-electron chi connectivity index (χ3n) is 2.73. The fraction of sp³-hybridized carbons (Fsp3) is 0.200. The van der Waals surface area contributed by atoms with E-state index >= 15 is 0 Å². The van der Waals surface area contributed by atoms with Gasteiger partial charge in [-0.1, -0.05) is 47.5 Å². The molecule has 0 fully saturated rings. The van der Waals surface area contributed by atoms with Gasteiger partial charge in [0.1, 0.15) is 12.4 Å². The van der Waals surface area contributed by atoms with Gasteiger partial charge in [0.15, 0.2) is 0 Å². The summed E-state index contributed by atoms with van der Waals surface area (Å²) >= 11 is 11.8. The van der Waals surface area contributed by atoms with Crippen molar-refractivity contribution < 1.29 is 9.84 Å². The fourth-order valence-corrected chi connectivity index (χ4v) is 2.08. The van der Waals surface area contributed by atoms with Crippen molar-refractivity contribution in [3.05, 3.63) is 63.6 Å². The van der Waals surface area contributed by atoms with Crippen molar-refractivity contribution in [3.8, 4) is 5.75 Å². The zero-order valence-corrected chi connectivity index (χ0v) is 11.8. The molecule has 0 aliphatic rings. The number of hydrogen-bond donors (Lipinski definition) is 1. The minimum atomic E-state index is 0.104. The average Bonchev–Trinajstić information content (AvgIpc) is 2.42. The summed E-state index contributed by atoms with van der Waals surface area (Å²) in [4.78, 5) is 0. The molecule has 0 saturated heterocycles. The summed E-state index contributed by atoms with van der Waals surface area (Å²) in [6.45, 7) is 0.520. The maximum Gasteiger partial charge on any atom is 0.123 e. The second-order valence-electron chi connectivity index (χ2n) is 4.12. The molecule has 0 radical (unpaired) electrons. The van der Waals surface area contributed by atoms with Crippen LogP contribution in [-0.2, 0) is 13.0 Å². The molecule has 0 atom stereocenters. The molecule has 0 spiro atoms. The molecule has 0 saturated carbocycles. The monoisotopic (exact) mass is 296 g/mol. The molecule has 100 valence electrons. The lowest BCUT2D eigenvalue weighted by atomic mass is 10.1. The Kier molecular flexibility index (Phi) is 5.08. The minimum Gasteiger partial charge on any atom is -0.489 e. The lowest BCUT2D eigenvalue weighted by molar-refractivity contribution is 0.284. The maximum atomic E-state index is 9.01. The third kappa shape index (κ3) is 3.87. The van der Waals surface area contributed by atoms with Gasteiger partial charge in [-0.05, 0) is 35.7 Å². The zero-order valence-electron chi connectivity index (χ0n) is 10.3. The van der Waals surface area contributed by atoms with Crippen LogP contribution in [0, 0.1) is 0 Å². The zero-order chi connectivity index (χ0) is 13.7. The first-order valence-electron chi connectivity index (χ1n) is 5.96. The largest absolute Gasteiger partial charge is 0.489 e. The predicted molar refractivity (Wildman–Crippen MR) is 78.0 cm³/mol. The van der Waals surface area contributed by atoms with E-state index in [0.29, 0.717) is 23.1 Å². The van der Waals surface area contributed by atoms with Gasteiger partial charge in [0.25, 0.3) is 0 Å². The number of benzene rings is 2. The Morgan fingerprint density at radius 3 is 2.53 bits per heavy atom. The normalized spacial score (nSPS) is 10.5. The molecule has 0 unspecified atom stereocenters. The Balaban J connectivity index is 2.07. The molecule has 0 aliphatic heterocycles. The van der Waals surface area contributed by atoms with Crippen molar-refractivity contribution in [2.24, 2.45) is 0 Å². The maximum absolute atomic E-state index is 9.01. The number of halogens is 2. The standard InChI is InChI=1S/C15H14Cl2O2/c16-13-6-5-11(9-14(13)17)10-19-15-4-2-1-3-12(15)7-8-18/h1-6,9,18H,7-8,10H2. The molecule has 2 nitrogen and oxygen atoms in total. The van der Waals surface area contributed by atoms with Crippen molar-refractivity contribution in [1.29, 1.82) is 0 Å². The molecule has 0 aliphatic carbocycles. The number of aliphatic hydroxyl groups is 1. The highest BCUT2D eigenvalue weighted by atomic mass is 35.5. The van der Waals surface area contributed by atoms with Crippen LogP contribution < -0.4 is 4.74 Å².